The zero-order valence-corrected chi connectivity index (χ0v) is 10.7. The molecule has 0 amide bonds. The van der Waals surface area contributed by atoms with E-state index in [9.17, 15) is 4.79 Å². The van der Waals surface area contributed by atoms with E-state index in [0.29, 0.717) is 17.0 Å². The maximum Gasteiger partial charge on any atom is 0.189 e. The number of carbonyl (C=O) groups excluding carboxylic acids is 1. The van der Waals surface area contributed by atoms with Gasteiger partial charge in [0, 0.05) is 5.69 Å². The van der Waals surface area contributed by atoms with E-state index in [1.54, 1.807) is 37.5 Å². The van der Waals surface area contributed by atoms with E-state index in [1.807, 2.05) is 24.3 Å². The smallest absolute Gasteiger partial charge is 0.189 e. The van der Waals surface area contributed by atoms with Crippen LogP contribution in [0.1, 0.15) is 15.9 Å². The number of benzene rings is 2. The van der Waals surface area contributed by atoms with E-state index in [1.165, 1.54) is 6.08 Å². The highest BCUT2D eigenvalue weighted by atomic mass is 16.5. The molecule has 19 heavy (non-hydrogen) atoms. The van der Waals surface area contributed by atoms with Gasteiger partial charge in [-0.2, -0.15) is 0 Å². The van der Waals surface area contributed by atoms with Crippen LogP contribution >= 0.6 is 0 Å². The fourth-order valence-electron chi connectivity index (χ4n) is 1.72. The minimum Gasteiger partial charge on any atom is -0.496 e. The molecule has 0 aromatic heterocycles. The van der Waals surface area contributed by atoms with Crippen LogP contribution in [0.3, 0.4) is 0 Å². The molecule has 3 nitrogen and oxygen atoms in total. The van der Waals surface area contributed by atoms with Gasteiger partial charge in [0.15, 0.2) is 5.78 Å². The molecule has 0 aliphatic rings. The van der Waals surface area contributed by atoms with Crippen molar-refractivity contribution < 1.29 is 9.53 Å². The minimum absolute atomic E-state index is 0.0886. The average molecular weight is 253 g/mol. The molecule has 0 radical (unpaired) electrons. The predicted molar refractivity (Wildman–Crippen MR) is 77.2 cm³/mol. The molecule has 0 heterocycles. The van der Waals surface area contributed by atoms with E-state index in [-0.39, 0.29) is 5.78 Å². The Morgan fingerprint density at radius 2 is 1.79 bits per heavy atom. The first kappa shape index (κ1) is 12.9. The molecule has 3 heteroatoms. The zero-order chi connectivity index (χ0) is 13.7. The summed E-state index contributed by atoms with van der Waals surface area (Å²) in [5.74, 6) is 0.490. The second-order valence-corrected chi connectivity index (χ2v) is 4.06. The molecule has 2 rings (SSSR count). The van der Waals surface area contributed by atoms with E-state index >= 15 is 0 Å². The summed E-state index contributed by atoms with van der Waals surface area (Å²) >= 11 is 0. The van der Waals surface area contributed by atoms with Gasteiger partial charge in [-0.05, 0) is 35.9 Å². The third kappa shape index (κ3) is 3.22. The van der Waals surface area contributed by atoms with Gasteiger partial charge in [0.25, 0.3) is 0 Å². The third-order valence-corrected chi connectivity index (χ3v) is 2.74. The first-order valence-electron chi connectivity index (χ1n) is 5.91. The highest BCUT2D eigenvalue weighted by Gasteiger charge is 2.07. The van der Waals surface area contributed by atoms with Crippen LogP contribution in [0.25, 0.3) is 6.08 Å². The van der Waals surface area contributed by atoms with Crippen molar-refractivity contribution >= 4 is 17.5 Å². The number of anilines is 1. The van der Waals surface area contributed by atoms with Crippen molar-refractivity contribution in [3.63, 3.8) is 0 Å². The summed E-state index contributed by atoms with van der Waals surface area (Å²) in [7, 11) is 1.55. The summed E-state index contributed by atoms with van der Waals surface area (Å²) in [5.41, 5.74) is 7.79. The number of nitrogens with two attached hydrogens (primary N) is 1. The monoisotopic (exact) mass is 253 g/mol. The SMILES string of the molecule is COc1ccccc1C(=O)/C=C/c1ccc(N)cc1. The molecule has 2 N–H and O–H groups in total. The lowest BCUT2D eigenvalue weighted by Gasteiger charge is -2.04. The van der Waals surface area contributed by atoms with Crippen LogP contribution in [-0.4, -0.2) is 12.9 Å². The largest absolute Gasteiger partial charge is 0.496 e. The van der Waals surface area contributed by atoms with E-state index in [0.717, 1.165) is 5.56 Å². The molecule has 2 aromatic carbocycles. The molecule has 0 spiro atoms. The Balaban J connectivity index is 2.19. The van der Waals surface area contributed by atoms with Crippen LogP contribution in [0.15, 0.2) is 54.6 Å². The van der Waals surface area contributed by atoms with E-state index in [2.05, 4.69) is 0 Å². The number of ether oxygens (including phenoxy) is 1. The number of allylic oxidation sites excluding steroid dienone is 1. The number of hydrogen-bond donors (Lipinski definition) is 1. The van der Waals surface area contributed by atoms with Gasteiger partial charge < -0.3 is 10.5 Å². The Kier molecular flexibility index (Phi) is 3.98. The molecule has 2 aromatic rings. The van der Waals surface area contributed by atoms with Crippen molar-refractivity contribution in [1.82, 2.24) is 0 Å². The van der Waals surface area contributed by atoms with Crippen LogP contribution in [0, 0.1) is 0 Å². The Morgan fingerprint density at radius 3 is 2.47 bits per heavy atom. The van der Waals surface area contributed by atoms with Gasteiger partial charge in [-0.25, -0.2) is 0 Å². The number of carbonyl (C=O) groups is 1. The predicted octanol–water partition coefficient (Wildman–Crippen LogP) is 3.17. The van der Waals surface area contributed by atoms with Gasteiger partial charge in [-0.3, -0.25) is 4.79 Å². The molecule has 0 fully saturated rings. The highest BCUT2D eigenvalue weighted by molar-refractivity contribution is 6.08. The lowest BCUT2D eigenvalue weighted by atomic mass is 10.1. The summed E-state index contributed by atoms with van der Waals surface area (Å²) in [6, 6.07) is 14.5. The number of hydrogen-bond acceptors (Lipinski definition) is 3. The number of ketones is 1. The normalized spacial score (nSPS) is 10.6. The number of nitrogen functional groups attached to an aromatic ring is 1. The molecule has 0 atom stereocenters. The topological polar surface area (TPSA) is 52.3 Å². The van der Waals surface area contributed by atoms with E-state index < -0.39 is 0 Å². The van der Waals surface area contributed by atoms with Crippen molar-refractivity contribution in [1.29, 1.82) is 0 Å². The molecular weight excluding hydrogens is 238 g/mol. The molecule has 0 saturated heterocycles. The fourth-order valence-corrected chi connectivity index (χ4v) is 1.72. The first-order valence-corrected chi connectivity index (χ1v) is 5.91. The van der Waals surface area contributed by atoms with Crippen molar-refractivity contribution in [2.75, 3.05) is 12.8 Å². The first-order chi connectivity index (χ1) is 9.20. The summed E-state index contributed by atoms with van der Waals surface area (Å²) in [4.78, 5) is 12.1. The maximum absolute atomic E-state index is 12.1. The maximum atomic E-state index is 12.1. The molecule has 96 valence electrons. The molecule has 0 saturated carbocycles. The number of methoxy groups -OCH3 is 1. The van der Waals surface area contributed by atoms with Gasteiger partial charge >= 0.3 is 0 Å². The van der Waals surface area contributed by atoms with Crippen LogP contribution < -0.4 is 10.5 Å². The Hall–Kier alpha value is -2.55. The molecule has 0 bridgehead atoms. The average Bonchev–Trinajstić information content (AvgIpc) is 2.46. The van der Waals surface area contributed by atoms with Gasteiger partial charge in [-0.15, -0.1) is 0 Å². The molecule has 0 aliphatic carbocycles. The summed E-state index contributed by atoms with van der Waals surface area (Å²) < 4.78 is 5.16. The van der Waals surface area contributed by atoms with Gasteiger partial charge in [0.2, 0.25) is 0 Å². The van der Waals surface area contributed by atoms with Crippen LogP contribution in [-0.2, 0) is 0 Å². The number of rotatable bonds is 4. The molecular formula is C16H15NO2. The second kappa shape index (κ2) is 5.87. The van der Waals surface area contributed by atoms with Crippen molar-refractivity contribution in [3.8, 4) is 5.75 Å². The Morgan fingerprint density at radius 1 is 1.11 bits per heavy atom. The summed E-state index contributed by atoms with van der Waals surface area (Å²) in [5, 5.41) is 0. The van der Waals surface area contributed by atoms with Gasteiger partial charge in [0.1, 0.15) is 5.75 Å². The van der Waals surface area contributed by atoms with Crippen LogP contribution in [0.4, 0.5) is 5.69 Å². The molecule has 0 aliphatic heterocycles. The summed E-state index contributed by atoms with van der Waals surface area (Å²) in [6.07, 6.45) is 3.29. The Bertz CT molecular complexity index is 600. The van der Waals surface area contributed by atoms with Gasteiger partial charge in [-0.1, -0.05) is 30.3 Å². The summed E-state index contributed by atoms with van der Waals surface area (Å²) in [6.45, 7) is 0. The minimum atomic E-state index is -0.0886. The number of para-hydroxylation sites is 1. The molecule has 0 unspecified atom stereocenters. The standard InChI is InChI=1S/C16H15NO2/c1-19-16-5-3-2-4-14(16)15(18)11-8-12-6-9-13(17)10-7-12/h2-11H,17H2,1H3/b11-8+. The fraction of sp³-hybridized carbons (Fsp3) is 0.0625. The lowest BCUT2D eigenvalue weighted by molar-refractivity contribution is 0.104. The van der Waals surface area contributed by atoms with E-state index in [4.69, 9.17) is 10.5 Å². The lowest BCUT2D eigenvalue weighted by Crippen LogP contribution is -1.98. The Labute approximate surface area is 112 Å². The highest BCUT2D eigenvalue weighted by Crippen LogP contribution is 2.18. The second-order valence-electron chi connectivity index (χ2n) is 4.06. The third-order valence-electron chi connectivity index (χ3n) is 2.74. The van der Waals surface area contributed by atoms with Crippen molar-refractivity contribution in [2.45, 2.75) is 0 Å². The quantitative estimate of drug-likeness (QED) is 0.517. The van der Waals surface area contributed by atoms with Crippen LogP contribution in [0.5, 0.6) is 5.75 Å². The zero-order valence-electron chi connectivity index (χ0n) is 10.7. The van der Waals surface area contributed by atoms with Crippen LogP contribution in [0.2, 0.25) is 0 Å². The van der Waals surface area contributed by atoms with Crippen molar-refractivity contribution in [3.05, 3.63) is 65.7 Å². The van der Waals surface area contributed by atoms with Crippen molar-refractivity contribution in [2.24, 2.45) is 0 Å². The van der Waals surface area contributed by atoms with Gasteiger partial charge in [0.05, 0.1) is 12.7 Å².